The van der Waals surface area contributed by atoms with E-state index in [0.29, 0.717) is 25.6 Å². The van der Waals surface area contributed by atoms with Gasteiger partial charge in [0, 0.05) is 24.9 Å². The Morgan fingerprint density at radius 2 is 2.06 bits per heavy atom. The Labute approximate surface area is 109 Å². The van der Waals surface area contributed by atoms with Crippen molar-refractivity contribution in [1.29, 1.82) is 0 Å². The molecule has 0 aromatic rings. The summed E-state index contributed by atoms with van der Waals surface area (Å²) in [6.07, 6.45) is 3.71. The molecule has 1 atom stereocenters. The van der Waals surface area contributed by atoms with Crippen LogP contribution in [0.1, 0.15) is 19.8 Å². The fourth-order valence-electron chi connectivity index (χ4n) is 2.00. The van der Waals surface area contributed by atoms with Crippen molar-refractivity contribution in [2.24, 2.45) is 11.7 Å². The number of nitrogens with zero attached hydrogens (tertiary/aromatic N) is 1. The van der Waals surface area contributed by atoms with E-state index in [0.717, 1.165) is 18.6 Å². The van der Waals surface area contributed by atoms with Gasteiger partial charge in [0.15, 0.2) is 0 Å². The molecule has 1 fully saturated rings. The van der Waals surface area contributed by atoms with Crippen molar-refractivity contribution < 1.29 is 8.42 Å². The zero-order valence-electron chi connectivity index (χ0n) is 10.6. The molecule has 3 N–H and O–H groups in total. The number of nitrogens with one attached hydrogen (secondary N) is 1. The van der Waals surface area contributed by atoms with Gasteiger partial charge in [-0.15, -0.1) is 0 Å². The molecule has 1 aliphatic rings. The molecule has 1 aliphatic heterocycles. The lowest BCUT2D eigenvalue weighted by Crippen LogP contribution is -2.48. The van der Waals surface area contributed by atoms with Crippen LogP contribution in [0.25, 0.3) is 0 Å². The first-order valence-electron chi connectivity index (χ1n) is 5.96. The summed E-state index contributed by atoms with van der Waals surface area (Å²) in [6, 6.07) is -0.0257. The number of rotatable bonds is 6. The van der Waals surface area contributed by atoms with E-state index in [9.17, 15) is 8.42 Å². The van der Waals surface area contributed by atoms with E-state index in [2.05, 4.69) is 4.72 Å². The zero-order valence-corrected chi connectivity index (χ0v) is 12.2. The Kier molecular flexibility index (Phi) is 6.22. The van der Waals surface area contributed by atoms with Crippen molar-refractivity contribution in [1.82, 2.24) is 9.03 Å². The lowest BCUT2D eigenvalue weighted by molar-refractivity contribution is 0.275. The maximum atomic E-state index is 12.0. The first kappa shape index (κ1) is 15.2. The highest BCUT2D eigenvalue weighted by molar-refractivity contribution is 7.98. The Bertz CT molecular complexity index is 314. The lowest BCUT2D eigenvalue weighted by atomic mass is 9.99. The molecule has 5 nitrogen and oxygen atoms in total. The van der Waals surface area contributed by atoms with Crippen LogP contribution in [0.15, 0.2) is 0 Å². The van der Waals surface area contributed by atoms with Crippen LogP contribution in [0, 0.1) is 5.92 Å². The minimum absolute atomic E-state index is 0.0257. The van der Waals surface area contributed by atoms with Crippen molar-refractivity contribution in [2.75, 3.05) is 31.6 Å². The summed E-state index contributed by atoms with van der Waals surface area (Å²) in [5.41, 5.74) is 5.59. The zero-order chi connectivity index (χ0) is 12.9. The lowest BCUT2D eigenvalue weighted by Gasteiger charge is -2.31. The standard InChI is InChI=1S/C10H23N3O2S2/c1-9(8-16-2)12-17(14,15)13-5-3-10(7-11)4-6-13/h9-10,12H,3-8,11H2,1-2H3. The van der Waals surface area contributed by atoms with E-state index in [1.54, 1.807) is 11.8 Å². The van der Waals surface area contributed by atoms with E-state index in [-0.39, 0.29) is 6.04 Å². The quantitative estimate of drug-likeness (QED) is 0.731. The van der Waals surface area contributed by atoms with Gasteiger partial charge < -0.3 is 5.73 Å². The number of hydrogen-bond donors (Lipinski definition) is 2. The van der Waals surface area contributed by atoms with Crippen molar-refractivity contribution in [2.45, 2.75) is 25.8 Å². The molecule has 0 amide bonds. The van der Waals surface area contributed by atoms with Gasteiger partial charge in [0.25, 0.3) is 10.2 Å². The van der Waals surface area contributed by atoms with Crippen LogP contribution >= 0.6 is 11.8 Å². The van der Waals surface area contributed by atoms with Crippen LogP contribution in [0.3, 0.4) is 0 Å². The van der Waals surface area contributed by atoms with E-state index in [1.807, 2.05) is 13.2 Å². The molecule has 7 heteroatoms. The summed E-state index contributed by atoms with van der Waals surface area (Å²) in [6.45, 7) is 3.72. The van der Waals surface area contributed by atoms with Gasteiger partial charge in [-0.1, -0.05) is 0 Å². The van der Waals surface area contributed by atoms with Gasteiger partial charge in [0.2, 0.25) is 0 Å². The van der Waals surface area contributed by atoms with Crippen LogP contribution < -0.4 is 10.5 Å². The average Bonchev–Trinajstić information content (AvgIpc) is 2.28. The number of hydrogen-bond acceptors (Lipinski definition) is 4. The van der Waals surface area contributed by atoms with E-state index >= 15 is 0 Å². The third-order valence-electron chi connectivity index (χ3n) is 3.01. The van der Waals surface area contributed by atoms with E-state index in [4.69, 9.17) is 5.73 Å². The van der Waals surface area contributed by atoms with Crippen molar-refractivity contribution >= 4 is 22.0 Å². The highest BCUT2D eigenvalue weighted by Gasteiger charge is 2.28. The van der Waals surface area contributed by atoms with Gasteiger partial charge in [-0.05, 0) is 38.5 Å². The highest BCUT2D eigenvalue weighted by Crippen LogP contribution is 2.18. The molecule has 0 bridgehead atoms. The van der Waals surface area contributed by atoms with Gasteiger partial charge >= 0.3 is 0 Å². The molecule has 102 valence electrons. The topological polar surface area (TPSA) is 75.4 Å². The second kappa shape index (κ2) is 6.94. The predicted octanol–water partition coefficient (Wildman–Crippen LogP) is 0.243. The van der Waals surface area contributed by atoms with Crippen molar-refractivity contribution in [3.05, 3.63) is 0 Å². The Morgan fingerprint density at radius 3 is 2.53 bits per heavy atom. The molecule has 1 heterocycles. The third-order valence-corrected chi connectivity index (χ3v) is 5.59. The summed E-state index contributed by atoms with van der Waals surface area (Å²) in [4.78, 5) is 0. The molecule has 17 heavy (non-hydrogen) atoms. The third kappa shape index (κ3) is 4.75. The Hall–Kier alpha value is 0.180. The minimum atomic E-state index is -3.31. The smallest absolute Gasteiger partial charge is 0.279 e. The normalized spacial score (nSPS) is 21.6. The first-order chi connectivity index (χ1) is 7.99. The fraction of sp³-hybridized carbons (Fsp3) is 1.00. The molecule has 1 unspecified atom stereocenters. The Balaban J connectivity index is 2.48. The number of thioether (sulfide) groups is 1. The van der Waals surface area contributed by atoms with Crippen LogP contribution in [0.2, 0.25) is 0 Å². The Morgan fingerprint density at radius 1 is 1.47 bits per heavy atom. The second-order valence-corrected chi connectivity index (χ2v) is 7.17. The number of piperidine rings is 1. The number of nitrogens with two attached hydrogens (primary N) is 1. The molecule has 0 aliphatic carbocycles. The summed E-state index contributed by atoms with van der Waals surface area (Å²) < 4.78 is 28.3. The summed E-state index contributed by atoms with van der Waals surface area (Å²) >= 11 is 1.64. The molecule has 1 saturated heterocycles. The van der Waals surface area contributed by atoms with Gasteiger partial charge in [0.05, 0.1) is 0 Å². The maximum Gasteiger partial charge on any atom is 0.279 e. The SMILES string of the molecule is CSCC(C)NS(=O)(=O)N1CCC(CN)CC1. The molecule has 0 aromatic heterocycles. The van der Waals surface area contributed by atoms with Crippen molar-refractivity contribution in [3.63, 3.8) is 0 Å². The predicted molar refractivity (Wildman–Crippen MR) is 73.3 cm³/mol. The monoisotopic (exact) mass is 281 g/mol. The molecule has 1 rings (SSSR count). The first-order valence-corrected chi connectivity index (χ1v) is 8.79. The summed E-state index contributed by atoms with van der Waals surface area (Å²) in [7, 11) is -3.31. The van der Waals surface area contributed by atoms with Crippen LogP contribution in [0.5, 0.6) is 0 Å². The molecule has 0 aromatic carbocycles. The van der Waals surface area contributed by atoms with Gasteiger partial charge in [-0.3, -0.25) is 0 Å². The minimum Gasteiger partial charge on any atom is -0.330 e. The average molecular weight is 281 g/mol. The second-order valence-electron chi connectivity index (χ2n) is 4.56. The van der Waals surface area contributed by atoms with Crippen LogP contribution in [-0.2, 0) is 10.2 Å². The molecule has 0 radical (unpaired) electrons. The maximum absolute atomic E-state index is 12.0. The van der Waals surface area contributed by atoms with Gasteiger partial charge in [-0.2, -0.15) is 29.2 Å². The van der Waals surface area contributed by atoms with Gasteiger partial charge in [0.1, 0.15) is 0 Å². The van der Waals surface area contributed by atoms with Crippen LogP contribution in [-0.4, -0.2) is 50.4 Å². The molecule has 0 spiro atoms. The van der Waals surface area contributed by atoms with E-state index < -0.39 is 10.2 Å². The molecular formula is C10H23N3O2S2. The summed E-state index contributed by atoms with van der Waals surface area (Å²) in [5.74, 6) is 1.27. The van der Waals surface area contributed by atoms with E-state index in [1.165, 1.54) is 4.31 Å². The summed E-state index contributed by atoms with van der Waals surface area (Å²) in [5, 5.41) is 0. The largest absolute Gasteiger partial charge is 0.330 e. The fourth-order valence-corrected chi connectivity index (χ4v) is 4.12. The molecular weight excluding hydrogens is 258 g/mol. The van der Waals surface area contributed by atoms with Crippen LogP contribution in [0.4, 0.5) is 0 Å². The van der Waals surface area contributed by atoms with Crippen molar-refractivity contribution in [3.8, 4) is 0 Å². The van der Waals surface area contributed by atoms with Gasteiger partial charge in [-0.25, -0.2) is 0 Å². The molecule has 0 saturated carbocycles. The highest BCUT2D eigenvalue weighted by atomic mass is 32.2.